The fraction of sp³-hybridized carbons (Fsp3) is 0.529. The van der Waals surface area contributed by atoms with Crippen LogP contribution in [0.2, 0.25) is 0 Å². The van der Waals surface area contributed by atoms with Crippen LogP contribution in [0, 0.1) is 0 Å². The number of benzene rings is 1. The minimum Gasteiger partial charge on any atom is -0.481 e. The summed E-state index contributed by atoms with van der Waals surface area (Å²) < 4.78 is 0. The molecule has 0 spiro atoms. The molecule has 0 bridgehead atoms. The first-order valence-corrected chi connectivity index (χ1v) is 7.84. The van der Waals surface area contributed by atoms with E-state index in [0.29, 0.717) is 12.1 Å². The van der Waals surface area contributed by atoms with E-state index in [4.69, 9.17) is 5.11 Å². The smallest absolute Gasteiger partial charge is 0.305 e. The molecule has 0 aliphatic carbocycles. The number of carbonyl (C=O) groups excluding carboxylic acids is 1. The molecule has 0 saturated carbocycles. The maximum atomic E-state index is 12.4. The third-order valence-corrected chi connectivity index (χ3v) is 3.77. The summed E-state index contributed by atoms with van der Waals surface area (Å²) in [6, 6.07) is 7.59. The van der Waals surface area contributed by atoms with Gasteiger partial charge in [-0.25, -0.2) is 0 Å². The van der Waals surface area contributed by atoms with Crippen molar-refractivity contribution < 1.29 is 14.7 Å². The Balaban J connectivity index is 2.71. The normalized spacial score (nSPS) is 10.7. The lowest BCUT2D eigenvalue weighted by Crippen LogP contribution is -2.32. The summed E-state index contributed by atoms with van der Waals surface area (Å²) in [5, 5.41) is 8.73. The molecule has 0 heterocycles. The molecule has 0 saturated heterocycles. The van der Waals surface area contributed by atoms with Crippen LogP contribution in [0.5, 0.6) is 0 Å². The molecular formula is C17H26N2O3. The van der Waals surface area contributed by atoms with Crippen LogP contribution < -0.4 is 0 Å². The Morgan fingerprint density at radius 3 is 2.05 bits per heavy atom. The Bertz CT molecular complexity index is 481. The molecule has 22 heavy (non-hydrogen) atoms. The second kappa shape index (κ2) is 9.20. The van der Waals surface area contributed by atoms with Crippen LogP contribution in [-0.2, 0) is 11.3 Å². The van der Waals surface area contributed by atoms with E-state index < -0.39 is 5.97 Å². The van der Waals surface area contributed by atoms with Gasteiger partial charge in [0, 0.05) is 25.2 Å². The predicted molar refractivity (Wildman–Crippen MR) is 86.9 cm³/mol. The summed E-state index contributed by atoms with van der Waals surface area (Å²) in [5.41, 5.74) is 1.78. The standard InChI is InChI=1S/C17H26N2O3/c1-4-18(5-2)13-14-7-9-15(10-8-14)17(22)19(6-3)12-11-16(20)21/h7-10H,4-6,11-13H2,1-3H3,(H,20,21). The Morgan fingerprint density at radius 1 is 1.00 bits per heavy atom. The summed E-state index contributed by atoms with van der Waals surface area (Å²) in [5.74, 6) is -1.00. The molecule has 1 rings (SSSR count). The highest BCUT2D eigenvalue weighted by atomic mass is 16.4. The van der Waals surface area contributed by atoms with E-state index in [9.17, 15) is 9.59 Å². The molecule has 0 aliphatic rings. The number of amides is 1. The molecule has 0 aromatic heterocycles. The Labute approximate surface area is 132 Å². The van der Waals surface area contributed by atoms with Gasteiger partial charge in [0.05, 0.1) is 6.42 Å². The van der Waals surface area contributed by atoms with E-state index in [1.807, 2.05) is 31.2 Å². The zero-order valence-electron chi connectivity index (χ0n) is 13.7. The van der Waals surface area contributed by atoms with E-state index in [1.54, 1.807) is 4.90 Å². The number of rotatable bonds is 9. The molecule has 0 fully saturated rings. The van der Waals surface area contributed by atoms with E-state index in [0.717, 1.165) is 19.6 Å². The van der Waals surface area contributed by atoms with Crippen LogP contribution in [0.25, 0.3) is 0 Å². The minimum atomic E-state index is -0.888. The van der Waals surface area contributed by atoms with Gasteiger partial charge < -0.3 is 10.0 Å². The third kappa shape index (κ3) is 5.48. The summed E-state index contributed by atoms with van der Waals surface area (Å²) >= 11 is 0. The zero-order chi connectivity index (χ0) is 16.5. The van der Waals surface area contributed by atoms with Crippen molar-refractivity contribution in [2.75, 3.05) is 26.2 Å². The zero-order valence-corrected chi connectivity index (χ0v) is 13.7. The minimum absolute atomic E-state index is 0.0282. The van der Waals surface area contributed by atoms with Crippen LogP contribution in [0.3, 0.4) is 0 Å². The van der Waals surface area contributed by atoms with Crippen molar-refractivity contribution in [3.63, 3.8) is 0 Å². The first kappa shape index (κ1) is 18.2. The van der Waals surface area contributed by atoms with Crippen molar-refractivity contribution in [1.29, 1.82) is 0 Å². The third-order valence-electron chi connectivity index (χ3n) is 3.77. The number of carboxylic acid groups (broad SMARTS) is 1. The van der Waals surface area contributed by atoms with E-state index in [2.05, 4.69) is 18.7 Å². The number of hydrogen-bond donors (Lipinski definition) is 1. The van der Waals surface area contributed by atoms with Crippen LogP contribution >= 0.6 is 0 Å². The number of hydrogen-bond acceptors (Lipinski definition) is 3. The highest BCUT2D eigenvalue weighted by molar-refractivity contribution is 5.94. The highest BCUT2D eigenvalue weighted by Crippen LogP contribution is 2.10. The van der Waals surface area contributed by atoms with Gasteiger partial charge in [-0.05, 0) is 37.7 Å². The summed E-state index contributed by atoms with van der Waals surface area (Å²) in [7, 11) is 0. The Morgan fingerprint density at radius 2 is 1.59 bits per heavy atom. The fourth-order valence-electron chi connectivity index (χ4n) is 2.27. The quantitative estimate of drug-likeness (QED) is 0.761. The first-order valence-electron chi connectivity index (χ1n) is 7.84. The average Bonchev–Trinajstić information content (AvgIpc) is 2.53. The molecule has 5 nitrogen and oxygen atoms in total. The van der Waals surface area contributed by atoms with Crippen LogP contribution in [0.15, 0.2) is 24.3 Å². The summed E-state index contributed by atoms with van der Waals surface area (Å²) in [6.07, 6.45) is -0.0282. The molecule has 0 aliphatic heterocycles. The van der Waals surface area contributed by atoms with Gasteiger partial charge in [0.2, 0.25) is 0 Å². The van der Waals surface area contributed by atoms with Crippen LogP contribution in [0.4, 0.5) is 0 Å². The van der Waals surface area contributed by atoms with Crippen molar-refractivity contribution >= 4 is 11.9 Å². The summed E-state index contributed by atoms with van der Waals surface area (Å²) in [6.45, 7) is 9.73. The molecule has 0 atom stereocenters. The van der Waals surface area contributed by atoms with Crippen molar-refractivity contribution in [3.05, 3.63) is 35.4 Å². The van der Waals surface area contributed by atoms with Gasteiger partial charge in [-0.15, -0.1) is 0 Å². The highest BCUT2D eigenvalue weighted by Gasteiger charge is 2.15. The van der Waals surface area contributed by atoms with E-state index in [1.165, 1.54) is 5.56 Å². The Hall–Kier alpha value is -1.88. The second-order valence-corrected chi connectivity index (χ2v) is 5.19. The molecule has 1 amide bonds. The molecule has 5 heteroatoms. The number of nitrogens with zero attached hydrogens (tertiary/aromatic N) is 2. The van der Waals surface area contributed by atoms with Gasteiger partial charge in [0.15, 0.2) is 0 Å². The number of aliphatic carboxylic acids is 1. The molecule has 1 N–H and O–H groups in total. The topological polar surface area (TPSA) is 60.9 Å². The molecule has 122 valence electrons. The Kier molecular flexibility index (Phi) is 7.60. The fourth-order valence-corrected chi connectivity index (χ4v) is 2.27. The van der Waals surface area contributed by atoms with Crippen LogP contribution in [-0.4, -0.2) is 53.0 Å². The van der Waals surface area contributed by atoms with Gasteiger partial charge >= 0.3 is 5.97 Å². The van der Waals surface area contributed by atoms with Gasteiger partial charge in [0.1, 0.15) is 0 Å². The lowest BCUT2D eigenvalue weighted by molar-refractivity contribution is -0.137. The van der Waals surface area contributed by atoms with E-state index in [-0.39, 0.29) is 18.9 Å². The molecule has 1 aromatic carbocycles. The lowest BCUT2D eigenvalue weighted by Gasteiger charge is -2.21. The van der Waals surface area contributed by atoms with Crippen molar-refractivity contribution in [3.8, 4) is 0 Å². The van der Waals surface area contributed by atoms with Gasteiger partial charge in [-0.2, -0.15) is 0 Å². The molecule has 1 aromatic rings. The maximum absolute atomic E-state index is 12.4. The van der Waals surface area contributed by atoms with Gasteiger partial charge in [0.25, 0.3) is 5.91 Å². The average molecular weight is 306 g/mol. The largest absolute Gasteiger partial charge is 0.481 e. The van der Waals surface area contributed by atoms with E-state index >= 15 is 0 Å². The predicted octanol–water partition coefficient (Wildman–Crippen LogP) is 2.47. The molecular weight excluding hydrogens is 280 g/mol. The van der Waals surface area contributed by atoms with Gasteiger partial charge in [-0.1, -0.05) is 26.0 Å². The monoisotopic (exact) mass is 306 g/mol. The van der Waals surface area contributed by atoms with Crippen molar-refractivity contribution in [1.82, 2.24) is 9.80 Å². The van der Waals surface area contributed by atoms with Gasteiger partial charge in [-0.3, -0.25) is 14.5 Å². The SMILES string of the molecule is CCN(CC)Cc1ccc(C(=O)N(CC)CCC(=O)O)cc1. The van der Waals surface area contributed by atoms with Crippen molar-refractivity contribution in [2.45, 2.75) is 33.7 Å². The number of carbonyl (C=O) groups is 2. The van der Waals surface area contributed by atoms with Crippen LogP contribution in [0.1, 0.15) is 43.1 Å². The summed E-state index contributed by atoms with van der Waals surface area (Å²) in [4.78, 5) is 26.9. The number of carboxylic acids is 1. The van der Waals surface area contributed by atoms with Crippen molar-refractivity contribution in [2.24, 2.45) is 0 Å². The molecule has 0 unspecified atom stereocenters. The molecule has 0 radical (unpaired) electrons. The first-order chi connectivity index (χ1) is 10.5. The lowest BCUT2D eigenvalue weighted by atomic mass is 10.1. The maximum Gasteiger partial charge on any atom is 0.305 e. The second-order valence-electron chi connectivity index (χ2n) is 5.19.